The van der Waals surface area contributed by atoms with Crippen molar-refractivity contribution >= 4 is 10.0 Å². The highest BCUT2D eigenvalue weighted by Gasteiger charge is 2.37. The normalized spacial score (nSPS) is 21.1. The van der Waals surface area contributed by atoms with E-state index in [4.69, 9.17) is 0 Å². The lowest BCUT2D eigenvalue weighted by molar-refractivity contribution is 0.239. The van der Waals surface area contributed by atoms with E-state index >= 15 is 0 Å². The van der Waals surface area contributed by atoms with Crippen LogP contribution in [0.15, 0.2) is 29.2 Å². The maximum Gasteiger partial charge on any atom is 0.243 e. The van der Waals surface area contributed by atoms with E-state index in [0.717, 1.165) is 69.6 Å². The average Bonchev–Trinajstić information content (AvgIpc) is 3.13. The predicted octanol–water partition coefficient (Wildman–Crippen LogP) is 3.48. The summed E-state index contributed by atoms with van der Waals surface area (Å²) in [7, 11) is -3.54. The molecule has 2 aliphatic rings. The summed E-state index contributed by atoms with van der Waals surface area (Å²) >= 11 is 0. The third kappa shape index (κ3) is 3.55. The van der Waals surface area contributed by atoms with Gasteiger partial charge in [0.25, 0.3) is 0 Å². The van der Waals surface area contributed by atoms with E-state index < -0.39 is 10.0 Å². The molecule has 1 atom stereocenters. The van der Waals surface area contributed by atoms with Gasteiger partial charge in [0.15, 0.2) is 5.82 Å². The van der Waals surface area contributed by atoms with E-state index in [-0.39, 0.29) is 6.04 Å². The van der Waals surface area contributed by atoms with Gasteiger partial charge < -0.3 is 4.57 Å². The van der Waals surface area contributed by atoms with E-state index in [1.807, 2.05) is 12.1 Å². The van der Waals surface area contributed by atoms with Gasteiger partial charge in [-0.15, -0.1) is 10.2 Å². The Bertz CT molecular complexity index is 889. The van der Waals surface area contributed by atoms with Crippen molar-refractivity contribution in [1.29, 1.82) is 0 Å². The summed E-state index contributed by atoms with van der Waals surface area (Å²) in [4.78, 5) is 0.382. The maximum atomic E-state index is 13.4. The van der Waals surface area contributed by atoms with Crippen molar-refractivity contribution in [3.8, 4) is 0 Å². The highest BCUT2D eigenvalue weighted by atomic mass is 32.2. The molecule has 0 spiro atoms. The first kappa shape index (κ1) is 18.6. The third-order valence-electron chi connectivity index (χ3n) is 5.71. The van der Waals surface area contributed by atoms with Gasteiger partial charge >= 0.3 is 0 Å². The van der Waals surface area contributed by atoms with E-state index in [1.54, 1.807) is 16.4 Å². The van der Waals surface area contributed by atoms with Gasteiger partial charge in [-0.3, -0.25) is 0 Å². The molecule has 0 amide bonds. The molecular weight excluding hydrogens is 360 g/mol. The minimum atomic E-state index is -3.54. The third-order valence-corrected chi connectivity index (χ3v) is 7.63. The molecule has 4 rings (SSSR count). The maximum absolute atomic E-state index is 13.4. The zero-order valence-electron chi connectivity index (χ0n) is 16.0. The minimum Gasteiger partial charge on any atom is -0.314 e. The summed E-state index contributed by atoms with van der Waals surface area (Å²) in [6, 6.07) is 7.18. The van der Waals surface area contributed by atoms with Gasteiger partial charge in [0.05, 0.1) is 10.9 Å². The van der Waals surface area contributed by atoms with Gasteiger partial charge in [-0.05, 0) is 49.8 Å². The first-order valence-electron chi connectivity index (χ1n) is 10.1. The summed E-state index contributed by atoms with van der Waals surface area (Å²) in [6.45, 7) is 3.57. The lowest BCUT2D eigenvalue weighted by Crippen LogP contribution is -2.40. The van der Waals surface area contributed by atoms with E-state index in [1.165, 1.54) is 5.56 Å². The van der Waals surface area contributed by atoms with Gasteiger partial charge in [0.2, 0.25) is 10.0 Å². The van der Waals surface area contributed by atoms with Crippen LogP contribution in [0.2, 0.25) is 0 Å². The number of aryl methyl sites for hydroxylation is 2. The average molecular weight is 389 g/mol. The first-order valence-corrected chi connectivity index (χ1v) is 11.6. The second kappa shape index (κ2) is 7.72. The van der Waals surface area contributed by atoms with Crippen LogP contribution in [0, 0.1) is 0 Å². The Balaban J connectivity index is 1.66. The SMILES string of the molecule is CCCc1ccc(S(=O)(=O)N2CCCC[C@@H]2c2nnc3n2CCCC3)cc1. The molecule has 0 radical (unpaired) electrons. The summed E-state index contributed by atoms with van der Waals surface area (Å²) in [5.41, 5.74) is 1.18. The van der Waals surface area contributed by atoms with Crippen LogP contribution in [0.4, 0.5) is 0 Å². The molecule has 27 heavy (non-hydrogen) atoms. The summed E-state index contributed by atoms with van der Waals surface area (Å²) in [5, 5.41) is 8.77. The molecule has 2 aromatic rings. The largest absolute Gasteiger partial charge is 0.314 e. The number of piperidine rings is 1. The van der Waals surface area contributed by atoms with Gasteiger partial charge in [-0.2, -0.15) is 4.31 Å². The van der Waals surface area contributed by atoms with Gasteiger partial charge in [0.1, 0.15) is 5.82 Å². The van der Waals surface area contributed by atoms with E-state index in [2.05, 4.69) is 21.7 Å². The predicted molar refractivity (Wildman–Crippen MR) is 104 cm³/mol. The number of benzene rings is 1. The Morgan fingerprint density at radius 2 is 1.81 bits per heavy atom. The number of rotatable bonds is 5. The number of sulfonamides is 1. The Hall–Kier alpha value is -1.73. The molecule has 0 N–H and O–H groups in total. The molecule has 3 heterocycles. The van der Waals surface area contributed by atoms with Gasteiger partial charge in [-0.1, -0.05) is 31.9 Å². The molecular formula is C20H28N4O2S. The lowest BCUT2D eigenvalue weighted by atomic mass is 10.0. The molecule has 0 unspecified atom stereocenters. The van der Waals surface area contributed by atoms with Crippen molar-refractivity contribution in [2.75, 3.05) is 6.54 Å². The van der Waals surface area contributed by atoms with Crippen LogP contribution in [0.25, 0.3) is 0 Å². The molecule has 7 heteroatoms. The Labute approximate surface area is 161 Å². The molecule has 0 bridgehead atoms. The van der Waals surface area contributed by atoms with Crippen LogP contribution in [0.3, 0.4) is 0 Å². The van der Waals surface area contributed by atoms with Gasteiger partial charge in [0, 0.05) is 19.5 Å². The standard InChI is InChI=1S/C20H28N4O2S/c1-2-7-16-10-12-17(13-11-16)27(25,26)24-15-6-3-8-18(24)20-22-21-19-9-4-5-14-23(19)20/h10-13,18H,2-9,14-15H2,1H3/t18-/m1/s1. The topological polar surface area (TPSA) is 68.1 Å². The van der Waals surface area contributed by atoms with Crippen LogP contribution < -0.4 is 0 Å². The number of fused-ring (bicyclic) bond motifs is 1. The van der Waals surface area contributed by atoms with Crippen molar-refractivity contribution in [2.45, 2.75) is 75.8 Å². The second-order valence-electron chi connectivity index (χ2n) is 7.60. The fourth-order valence-electron chi connectivity index (χ4n) is 4.28. The number of hydrogen-bond donors (Lipinski definition) is 0. The molecule has 0 aliphatic carbocycles. The fourth-order valence-corrected chi connectivity index (χ4v) is 5.94. The van der Waals surface area contributed by atoms with Crippen LogP contribution in [-0.2, 0) is 29.4 Å². The highest BCUT2D eigenvalue weighted by Crippen LogP contribution is 2.35. The number of aromatic nitrogens is 3. The van der Waals surface area contributed by atoms with E-state index in [9.17, 15) is 8.42 Å². The van der Waals surface area contributed by atoms with Crippen LogP contribution in [0.1, 0.15) is 68.7 Å². The molecule has 6 nitrogen and oxygen atoms in total. The lowest BCUT2D eigenvalue weighted by Gasteiger charge is -2.34. The number of nitrogens with zero attached hydrogens (tertiary/aromatic N) is 4. The Morgan fingerprint density at radius 1 is 1.04 bits per heavy atom. The van der Waals surface area contributed by atoms with Crippen LogP contribution in [-0.4, -0.2) is 34.0 Å². The first-order chi connectivity index (χ1) is 13.1. The summed E-state index contributed by atoms with van der Waals surface area (Å²) in [6.07, 6.45) is 7.93. The minimum absolute atomic E-state index is 0.210. The monoisotopic (exact) mass is 388 g/mol. The Morgan fingerprint density at radius 3 is 2.59 bits per heavy atom. The molecule has 1 aromatic carbocycles. The van der Waals surface area contributed by atoms with Crippen molar-refractivity contribution in [3.63, 3.8) is 0 Å². The Kier molecular flexibility index (Phi) is 5.32. The smallest absolute Gasteiger partial charge is 0.243 e. The van der Waals surface area contributed by atoms with Crippen molar-refractivity contribution in [2.24, 2.45) is 0 Å². The van der Waals surface area contributed by atoms with Crippen molar-refractivity contribution in [3.05, 3.63) is 41.5 Å². The quantitative estimate of drug-likeness (QED) is 0.786. The van der Waals surface area contributed by atoms with Crippen LogP contribution >= 0.6 is 0 Å². The molecule has 0 saturated carbocycles. The molecule has 1 saturated heterocycles. The highest BCUT2D eigenvalue weighted by molar-refractivity contribution is 7.89. The van der Waals surface area contributed by atoms with E-state index in [0.29, 0.717) is 11.4 Å². The van der Waals surface area contributed by atoms with Crippen molar-refractivity contribution in [1.82, 2.24) is 19.1 Å². The molecule has 1 fully saturated rings. The summed E-state index contributed by atoms with van der Waals surface area (Å²) in [5.74, 6) is 1.83. The summed E-state index contributed by atoms with van der Waals surface area (Å²) < 4.78 is 30.6. The second-order valence-corrected chi connectivity index (χ2v) is 9.50. The molecule has 1 aromatic heterocycles. The zero-order chi connectivity index (χ0) is 18.9. The molecule has 2 aliphatic heterocycles. The molecule has 146 valence electrons. The fraction of sp³-hybridized carbons (Fsp3) is 0.600. The van der Waals surface area contributed by atoms with Crippen LogP contribution in [0.5, 0.6) is 0 Å². The number of hydrogen-bond acceptors (Lipinski definition) is 4. The van der Waals surface area contributed by atoms with Gasteiger partial charge in [-0.25, -0.2) is 8.42 Å². The zero-order valence-corrected chi connectivity index (χ0v) is 16.8. The van der Waals surface area contributed by atoms with Crippen molar-refractivity contribution < 1.29 is 8.42 Å².